The summed E-state index contributed by atoms with van der Waals surface area (Å²) in [6.45, 7) is 2.68. The van der Waals surface area contributed by atoms with Crippen molar-refractivity contribution in [1.82, 2.24) is 10.6 Å². The van der Waals surface area contributed by atoms with E-state index in [0.717, 1.165) is 18.4 Å². The fourth-order valence-corrected chi connectivity index (χ4v) is 1.93. The van der Waals surface area contributed by atoms with Gasteiger partial charge in [0.25, 0.3) is 0 Å². The van der Waals surface area contributed by atoms with Crippen LogP contribution >= 0.6 is 0 Å². The van der Waals surface area contributed by atoms with Crippen LogP contribution in [0, 0.1) is 0 Å². The highest BCUT2D eigenvalue weighted by Gasteiger charge is 2.32. The van der Waals surface area contributed by atoms with E-state index in [1.165, 1.54) is 6.42 Å². The van der Waals surface area contributed by atoms with Crippen LogP contribution in [0.15, 0.2) is 30.3 Å². The molecule has 2 rings (SSSR count). The molecule has 2 amide bonds. The van der Waals surface area contributed by atoms with Crippen molar-refractivity contribution in [3.63, 3.8) is 0 Å². The number of hydrogen-bond donors (Lipinski definition) is 2. The van der Waals surface area contributed by atoms with Crippen molar-refractivity contribution in [2.24, 2.45) is 0 Å². The molecule has 0 spiro atoms. The van der Waals surface area contributed by atoms with Gasteiger partial charge in [-0.1, -0.05) is 30.3 Å². The summed E-state index contributed by atoms with van der Waals surface area (Å²) < 4.78 is 0. The first-order chi connectivity index (χ1) is 7.68. The molecule has 3 heteroatoms. The molecule has 16 heavy (non-hydrogen) atoms. The lowest BCUT2D eigenvalue weighted by molar-refractivity contribution is 0.191. The Bertz CT molecular complexity index is 357. The average molecular weight is 218 g/mol. The Labute approximate surface area is 96.2 Å². The van der Waals surface area contributed by atoms with Crippen molar-refractivity contribution < 1.29 is 4.79 Å². The molecule has 0 radical (unpaired) electrons. The van der Waals surface area contributed by atoms with Gasteiger partial charge in [0.1, 0.15) is 0 Å². The van der Waals surface area contributed by atoms with Crippen LogP contribution in [0.2, 0.25) is 0 Å². The van der Waals surface area contributed by atoms with E-state index < -0.39 is 0 Å². The SMILES string of the molecule is CC1(NC(=O)NCc2ccccc2)CCC1. The standard InChI is InChI=1S/C13H18N2O/c1-13(8-5-9-13)15-12(16)14-10-11-6-3-2-4-7-11/h2-4,6-7H,5,8-10H2,1H3,(H2,14,15,16). The van der Waals surface area contributed by atoms with Crippen LogP contribution in [0.1, 0.15) is 31.7 Å². The molecule has 1 aromatic carbocycles. The lowest BCUT2D eigenvalue weighted by Gasteiger charge is -2.39. The number of carbonyl (C=O) groups is 1. The van der Waals surface area contributed by atoms with Gasteiger partial charge in [-0.25, -0.2) is 4.79 Å². The molecule has 1 fully saturated rings. The van der Waals surface area contributed by atoms with Crippen LogP contribution in [0.5, 0.6) is 0 Å². The second kappa shape index (κ2) is 4.56. The molecule has 3 nitrogen and oxygen atoms in total. The Hall–Kier alpha value is -1.51. The number of urea groups is 1. The zero-order chi connectivity index (χ0) is 11.4. The Morgan fingerprint density at radius 2 is 2.00 bits per heavy atom. The molecule has 1 aliphatic rings. The third kappa shape index (κ3) is 2.75. The van der Waals surface area contributed by atoms with Gasteiger partial charge in [-0.15, -0.1) is 0 Å². The van der Waals surface area contributed by atoms with E-state index in [2.05, 4.69) is 17.6 Å². The maximum Gasteiger partial charge on any atom is 0.315 e. The van der Waals surface area contributed by atoms with Crippen LogP contribution in [0.4, 0.5) is 4.79 Å². The van der Waals surface area contributed by atoms with Gasteiger partial charge in [0, 0.05) is 12.1 Å². The van der Waals surface area contributed by atoms with Crippen molar-refractivity contribution in [1.29, 1.82) is 0 Å². The van der Waals surface area contributed by atoms with Crippen molar-refractivity contribution in [3.05, 3.63) is 35.9 Å². The number of amides is 2. The molecule has 1 saturated carbocycles. The summed E-state index contributed by atoms with van der Waals surface area (Å²) in [4.78, 5) is 11.6. The Morgan fingerprint density at radius 1 is 1.31 bits per heavy atom. The van der Waals surface area contributed by atoms with Gasteiger partial charge in [-0.05, 0) is 31.7 Å². The topological polar surface area (TPSA) is 41.1 Å². The molecule has 0 heterocycles. The Morgan fingerprint density at radius 3 is 2.56 bits per heavy atom. The zero-order valence-electron chi connectivity index (χ0n) is 9.62. The summed E-state index contributed by atoms with van der Waals surface area (Å²) in [5.74, 6) is 0. The molecule has 1 aliphatic carbocycles. The van der Waals surface area contributed by atoms with Gasteiger partial charge in [0.15, 0.2) is 0 Å². The van der Waals surface area contributed by atoms with Gasteiger partial charge in [-0.3, -0.25) is 0 Å². The fourth-order valence-electron chi connectivity index (χ4n) is 1.93. The minimum Gasteiger partial charge on any atom is -0.334 e. The molecule has 0 bridgehead atoms. The fraction of sp³-hybridized carbons (Fsp3) is 0.462. The predicted octanol–water partition coefficient (Wildman–Crippen LogP) is 2.43. The van der Waals surface area contributed by atoms with Crippen LogP contribution < -0.4 is 10.6 Å². The van der Waals surface area contributed by atoms with Gasteiger partial charge in [-0.2, -0.15) is 0 Å². The maximum absolute atomic E-state index is 11.6. The third-order valence-corrected chi connectivity index (χ3v) is 3.17. The minimum absolute atomic E-state index is 0.0285. The minimum atomic E-state index is -0.0638. The average Bonchev–Trinajstić information content (AvgIpc) is 2.26. The Balaban J connectivity index is 1.76. The molecule has 0 unspecified atom stereocenters. The van der Waals surface area contributed by atoms with E-state index in [0.29, 0.717) is 6.54 Å². The molecular formula is C13H18N2O. The lowest BCUT2D eigenvalue weighted by atomic mass is 9.79. The van der Waals surface area contributed by atoms with Gasteiger partial charge >= 0.3 is 6.03 Å². The number of nitrogens with one attached hydrogen (secondary N) is 2. The lowest BCUT2D eigenvalue weighted by Crippen LogP contribution is -2.54. The maximum atomic E-state index is 11.6. The summed E-state index contributed by atoms with van der Waals surface area (Å²) in [6, 6.07) is 9.87. The van der Waals surface area contributed by atoms with Gasteiger partial charge in [0.2, 0.25) is 0 Å². The molecule has 0 aliphatic heterocycles. The van der Waals surface area contributed by atoms with Crippen molar-refractivity contribution in [3.8, 4) is 0 Å². The summed E-state index contributed by atoms with van der Waals surface area (Å²) >= 11 is 0. The molecule has 1 aromatic rings. The van der Waals surface area contributed by atoms with Crippen LogP contribution in [0.3, 0.4) is 0 Å². The first kappa shape index (κ1) is 11.0. The Kier molecular flexibility index (Phi) is 3.13. The number of carbonyl (C=O) groups excluding carboxylic acids is 1. The first-order valence-electron chi connectivity index (χ1n) is 5.78. The number of hydrogen-bond acceptors (Lipinski definition) is 1. The highest BCUT2D eigenvalue weighted by molar-refractivity contribution is 5.74. The molecule has 0 saturated heterocycles. The quantitative estimate of drug-likeness (QED) is 0.803. The summed E-state index contributed by atoms with van der Waals surface area (Å²) in [6.07, 6.45) is 3.40. The van der Waals surface area contributed by atoms with Crippen LogP contribution in [-0.2, 0) is 6.54 Å². The van der Waals surface area contributed by atoms with E-state index >= 15 is 0 Å². The summed E-state index contributed by atoms with van der Waals surface area (Å²) in [7, 11) is 0. The highest BCUT2D eigenvalue weighted by atomic mass is 16.2. The van der Waals surface area contributed by atoms with Crippen LogP contribution in [0.25, 0.3) is 0 Å². The number of benzene rings is 1. The first-order valence-corrected chi connectivity index (χ1v) is 5.78. The van der Waals surface area contributed by atoms with Gasteiger partial charge < -0.3 is 10.6 Å². The number of rotatable bonds is 3. The molecule has 86 valence electrons. The van der Waals surface area contributed by atoms with Gasteiger partial charge in [0.05, 0.1) is 0 Å². The normalized spacial score (nSPS) is 17.3. The van der Waals surface area contributed by atoms with E-state index in [9.17, 15) is 4.79 Å². The predicted molar refractivity (Wildman–Crippen MR) is 64.1 cm³/mol. The van der Waals surface area contributed by atoms with E-state index in [4.69, 9.17) is 0 Å². The van der Waals surface area contributed by atoms with Crippen molar-refractivity contribution in [2.75, 3.05) is 0 Å². The summed E-state index contributed by atoms with van der Waals surface area (Å²) in [5.41, 5.74) is 1.15. The zero-order valence-corrected chi connectivity index (χ0v) is 9.62. The molecule has 0 atom stereocenters. The van der Waals surface area contributed by atoms with E-state index in [-0.39, 0.29) is 11.6 Å². The van der Waals surface area contributed by atoms with Crippen LogP contribution in [-0.4, -0.2) is 11.6 Å². The van der Waals surface area contributed by atoms with Crippen molar-refractivity contribution >= 4 is 6.03 Å². The smallest absolute Gasteiger partial charge is 0.315 e. The monoisotopic (exact) mass is 218 g/mol. The molecular weight excluding hydrogens is 200 g/mol. The third-order valence-electron chi connectivity index (χ3n) is 3.17. The second-order valence-electron chi connectivity index (χ2n) is 4.71. The molecule has 2 N–H and O–H groups in total. The highest BCUT2D eigenvalue weighted by Crippen LogP contribution is 2.30. The second-order valence-corrected chi connectivity index (χ2v) is 4.71. The molecule has 0 aromatic heterocycles. The van der Waals surface area contributed by atoms with E-state index in [1.54, 1.807) is 0 Å². The van der Waals surface area contributed by atoms with E-state index in [1.807, 2.05) is 30.3 Å². The van der Waals surface area contributed by atoms with Crippen molar-refractivity contribution in [2.45, 2.75) is 38.3 Å². The largest absolute Gasteiger partial charge is 0.334 e. The summed E-state index contributed by atoms with van der Waals surface area (Å²) in [5, 5.41) is 5.89.